The second kappa shape index (κ2) is 4.81. The number of likely N-dealkylation sites (tertiary alicyclic amines) is 1. The molecule has 0 aliphatic carbocycles. The maximum Gasteiger partial charge on any atom is 0.233 e. The first-order chi connectivity index (χ1) is 8.95. The van der Waals surface area contributed by atoms with Crippen molar-refractivity contribution in [2.75, 3.05) is 0 Å². The number of carbonyl (C=O) groups excluding carboxylic acids is 2. The van der Waals surface area contributed by atoms with Crippen molar-refractivity contribution in [1.29, 1.82) is 5.26 Å². The fourth-order valence-corrected chi connectivity index (χ4v) is 2.16. The number of rotatable bonds is 2. The molecule has 2 rings (SSSR count). The summed E-state index contributed by atoms with van der Waals surface area (Å²) in [5.74, 6) is -1.77. The minimum atomic E-state index is -0.491. The lowest BCUT2D eigenvalue weighted by atomic mass is 10.00. The van der Waals surface area contributed by atoms with Crippen molar-refractivity contribution in [3.05, 3.63) is 35.1 Å². The van der Waals surface area contributed by atoms with E-state index in [0.717, 1.165) is 4.90 Å². The molecular formula is C14H13FN2O2. The van der Waals surface area contributed by atoms with E-state index in [2.05, 4.69) is 0 Å². The molecule has 1 aliphatic rings. The maximum absolute atomic E-state index is 13.2. The van der Waals surface area contributed by atoms with E-state index in [1.54, 1.807) is 13.8 Å². The van der Waals surface area contributed by atoms with Gasteiger partial charge in [-0.1, -0.05) is 13.8 Å². The molecule has 1 fully saturated rings. The molecule has 19 heavy (non-hydrogen) atoms. The molecule has 0 spiro atoms. The highest BCUT2D eigenvalue weighted by molar-refractivity contribution is 6.04. The number of imide groups is 1. The van der Waals surface area contributed by atoms with Crippen LogP contribution < -0.4 is 0 Å². The molecular weight excluding hydrogens is 247 g/mol. The van der Waals surface area contributed by atoms with Gasteiger partial charge in [0.05, 0.1) is 18.2 Å². The molecule has 0 bridgehead atoms. The second-order valence-corrected chi connectivity index (χ2v) is 4.75. The van der Waals surface area contributed by atoms with Crippen LogP contribution in [0.4, 0.5) is 4.39 Å². The maximum atomic E-state index is 13.2. The van der Waals surface area contributed by atoms with E-state index in [1.807, 2.05) is 6.07 Å². The molecule has 4 nitrogen and oxygen atoms in total. The molecule has 1 aromatic rings. The highest BCUT2D eigenvalue weighted by Gasteiger charge is 2.42. The van der Waals surface area contributed by atoms with Crippen LogP contribution in [-0.2, 0) is 16.1 Å². The molecule has 98 valence electrons. The summed E-state index contributed by atoms with van der Waals surface area (Å²) < 4.78 is 13.2. The standard InChI is InChI=1S/C14H13FN2O2/c1-8-9(2)14(19)17(13(8)18)7-11-5-12(15)4-3-10(11)6-16/h3-5,8-9H,7H2,1-2H3. The minimum absolute atomic E-state index is 0.0486. The summed E-state index contributed by atoms with van der Waals surface area (Å²) in [5.41, 5.74) is 0.625. The van der Waals surface area contributed by atoms with E-state index in [4.69, 9.17) is 5.26 Å². The summed E-state index contributed by atoms with van der Waals surface area (Å²) in [4.78, 5) is 25.0. The van der Waals surface area contributed by atoms with E-state index in [-0.39, 0.29) is 35.8 Å². The molecule has 1 saturated heterocycles. The molecule has 2 atom stereocenters. The number of nitriles is 1. The van der Waals surface area contributed by atoms with E-state index in [9.17, 15) is 14.0 Å². The summed E-state index contributed by atoms with van der Waals surface area (Å²) in [7, 11) is 0. The lowest BCUT2D eigenvalue weighted by molar-refractivity contribution is -0.140. The molecule has 0 radical (unpaired) electrons. The van der Waals surface area contributed by atoms with E-state index in [0.29, 0.717) is 5.56 Å². The van der Waals surface area contributed by atoms with Gasteiger partial charge in [0.1, 0.15) is 5.82 Å². The van der Waals surface area contributed by atoms with E-state index >= 15 is 0 Å². The Hall–Kier alpha value is -2.22. The van der Waals surface area contributed by atoms with Gasteiger partial charge in [0.15, 0.2) is 0 Å². The third-order valence-corrected chi connectivity index (χ3v) is 3.58. The van der Waals surface area contributed by atoms with E-state index in [1.165, 1.54) is 18.2 Å². The zero-order valence-electron chi connectivity index (χ0n) is 10.7. The van der Waals surface area contributed by atoms with Crippen LogP contribution in [0.25, 0.3) is 0 Å². The van der Waals surface area contributed by atoms with Gasteiger partial charge in [0.2, 0.25) is 11.8 Å². The zero-order valence-corrected chi connectivity index (χ0v) is 10.7. The number of halogens is 1. The Balaban J connectivity index is 2.32. The molecule has 0 N–H and O–H groups in total. The van der Waals surface area contributed by atoms with Crippen molar-refractivity contribution >= 4 is 11.8 Å². The Kier molecular flexibility index (Phi) is 3.34. The third-order valence-electron chi connectivity index (χ3n) is 3.58. The number of benzene rings is 1. The van der Waals surface area contributed by atoms with Gasteiger partial charge in [-0.15, -0.1) is 0 Å². The van der Waals surface area contributed by atoms with Gasteiger partial charge in [0.25, 0.3) is 0 Å². The first-order valence-corrected chi connectivity index (χ1v) is 5.99. The summed E-state index contributed by atoms with van der Waals surface area (Å²) in [5, 5.41) is 8.96. The Morgan fingerprint density at radius 1 is 1.26 bits per heavy atom. The van der Waals surface area contributed by atoms with Crippen molar-refractivity contribution in [2.45, 2.75) is 20.4 Å². The summed E-state index contributed by atoms with van der Waals surface area (Å²) in [6.07, 6.45) is 0. The largest absolute Gasteiger partial charge is 0.278 e. The van der Waals surface area contributed by atoms with Gasteiger partial charge in [-0.3, -0.25) is 14.5 Å². The van der Waals surface area contributed by atoms with Crippen molar-refractivity contribution in [3.63, 3.8) is 0 Å². The molecule has 0 saturated carbocycles. The average Bonchev–Trinajstić information content (AvgIpc) is 2.57. The Bertz CT molecular complexity index is 572. The van der Waals surface area contributed by atoms with Gasteiger partial charge in [0, 0.05) is 11.8 Å². The van der Waals surface area contributed by atoms with Crippen LogP contribution in [0.3, 0.4) is 0 Å². The number of carbonyl (C=O) groups is 2. The molecule has 1 aromatic carbocycles. The average molecular weight is 260 g/mol. The Morgan fingerprint density at radius 3 is 2.37 bits per heavy atom. The zero-order chi connectivity index (χ0) is 14.2. The number of amides is 2. The smallest absolute Gasteiger partial charge is 0.233 e. The van der Waals surface area contributed by atoms with Gasteiger partial charge >= 0.3 is 0 Å². The van der Waals surface area contributed by atoms with Crippen LogP contribution in [0.1, 0.15) is 25.0 Å². The topological polar surface area (TPSA) is 61.2 Å². The highest BCUT2D eigenvalue weighted by atomic mass is 19.1. The molecule has 5 heteroatoms. The Labute approximate surface area is 110 Å². The summed E-state index contributed by atoms with van der Waals surface area (Å²) in [6.45, 7) is 3.34. The van der Waals surface area contributed by atoms with Crippen LogP contribution in [0.5, 0.6) is 0 Å². The normalized spacial score (nSPS) is 22.7. The highest BCUT2D eigenvalue weighted by Crippen LogP contribution is 2.27. The van der Waals surface area contributed by atoms with Crippen LogP contribution in [-0.4, -0.2) is 16.7 Å². The van der Waals surface area contributed by atoms with Gasteiger partial charge in [-0.25, -0.2) is 4.39 Å². The minimum Gasteiger partial charge on any atom is -0.278 e. The number of nitrogens with zero attached hydrogens (tertiary/aromatic N) is 2. The van der Waals surface area contributed by atoms with Crippen molar-refractivity contribution in [3.8, 4) is 6.07 Å². The molecule has 2 amide bonds. The second-order valence-electron chi connectivity index (χ2n) is 4.75. The van der Waals surface area contributed by atoms with Gasteiger partial charge in [-0.05, 0) is 23.8 Å². The van der Waals surface area contributed by atoms with Crippen molar-refractivity contribution in [2.24, 2.45) is 11.8 Å². The quantitative estimate of drug-likeness (QED) is 0.762. The fourth-order valence-electron chi connectivity index (χ4n) is 2.16. The van der Waals surface area contributed by atoms with Crippen LogP contribution >= 0.6 is 0 Å². The predicted molar refractivity (Wildman–Crippen MR) is 65.0 cm³/mol. The Morgan fingerprint density at radius 2 is 1.84 bits per heavy atom. The van der Waals surface area contributed by atoms with Crippen LogP contribution in [0.2, 0.25) is 0 Å². The number of hydrogen-bond acceptors (Lipinski definition) is 3. The summed E-state index contributed by atoms with van der Waals surface area (Å²) in [6, 6.07) is 5.65. The predicted octanol–water partition coefficient (Wildman–Crippen LogP) is 1.84. The first-order valence-electron chi connectivity index (χ1n) is 5.99. The van der Waals surface area contributed by atoms with Crippen molar-refractivity contribution < 1.29 is 14.0 Å². The van der Waals surface area contributed by atoms with Crippen LogP contribution in [0, 0.1) is 29.0 Å². The molecule has 1 aliphatic heterocycles. The van der Waals surface area contributed by atoms with Crippen LogP contribution in [0.15, 0.2) is 18.2 Å². The SMILES string of the molecule is CC1C(=O)N(Cc2cc(F)ccc2C#N)C(=O)C1C. The lowest BCUT2D eigenvalue weighted by Crippen LogP contribution is -2.30. The van der Waals surface area contributed by atoms with Crippen molar-refractivity contribution in [1.82, 2.24) is 4.90 Å². The molecule has 2 unspecified atom stereocenters. The first kappa shape index (κ1) is 13.2. The fraction of sp³-hybridized carbons (Fsp3) is 0.357. The summed E-state index contributed by atoms with van der Waals surface area (Å²) >= 11 is 0. The lowest BCUT2D eigenvalue weighted by Gasteiger charge is -2.15. The molecule has 0 aromatic heterocycles. The monoisotopic (exact) mass is 260 g/mol. The molecule has 1 heterocycles. The number of hydrogen-bond donors (Lipinski definition) is 0. The van der Waals surface area contributed by atoms with Gasteiger partial charge < -0.3 is 0 Å². The van der Waals surface area contributed by atoms with E-state index < -0.39 is 5.82 Å². The van der Waals surface area contributed by atoms with Gasteiger partial charge in [-0.2, -0.15) is 5.26 Å². The third kappa shape index (κ3) is 2.22.